The summed E-state index contributed by atoms with van der Waals surface area (Å²) in [6, 6.07) is 25.2. The van der Waals surface area contributed by atoms with E-state index in [1.165, 1.54) is 22.6 Å². The Morgan fingerprint density at radius 2 is 1.43 bits per heavy atom. The molecule has 1 heterocycles. The fourth-order valence-corrected chi connectivity index (χ4v) is 3.66. The molecule has 112 valence electrons. The molecule has 1 aliphatic heterocycles. The predicted molar refractivity (Wildman–Crippen MR) is 94.7 cm³/mol. The van der Waals surface area contributed by atoms with E-state index in [0.717, 1.165) is 16.8 Å². The summed E-state index contributed by atoms with van der Waals surface area (Å²) < 4.78 is 15.4. The van der Waals surface area contributed by atoms with E-state index >= 15 is 0 Å². The molecule has 0 amide bonds. The van der Waals surface area contributed by atoms with Crippen molar-refractivity contribution in [2.45, 2.75) is 4.90 Å². The molecule has 0 aliphatic carbocycles. The molecule has 0 unspecified atom stereocenters. The maximum Gasteiger partial charge on any atom is 0.123 e. The number of anilines is 1. The highest BCUT2D eigenvalue weighted by Gasteiger charge is 2.20. The van der Waals surface area contributed by atoms with E-state index in [1.54, 1.807) is 11.9 Å². The number of fused-ring (bicyclic) bond motifs is 1. The van der Waals surface area contributed by atoms with Gasteiger partial charge < -0.3 is 0 Å². The topological polar surface area (TPSA) is 3.24 Å². The molecule has 0 N–H and O–H groups in total. The zero-order valence-electron chi connectivity index (χ0n) is 12.3. The molecule has 0 radical (unpaired) electrons. The van der Waals surface area contributed by atoms with Crippen LogP contribution in [0.3, 0.4) is 0 Å². The van der Waals surface area contributed by atoms with Crippen LogP contribution in [0.4, 0.5) is 10.1 Å². The Balaban J connectivity index is 1.85. The van der Waals surface area contributed by atoms with Crippen LogP contribution in [0.25, 0.3) is 5.57 Å². The van der Waals surface area contributed by atoms with Gasteiger partial charge in [0.1, 0.15) is 5.82 Å². The van der Waals surface area contributed by atoms with Crippen molar-refractivity contribution in [2.24, 2.45) is 0 Å². The Kier molecular flexibility index (Phi) is 3.64. The molecule has 0 aromatic heterocycles. The van der Waals surface area contributed by atoms with E-state index in [2.05, 4.69) is 34.8 Å². The molecular formula is C20H14FNS. The molecule has 0 bridgehead atoms. The lowest BCUT2D eigenvalue weighted by Crippen LogP contribution is -2.12. The number of hydrogen-bond acceptors (Lipinski definition) is 2. The van der Waals surface area contributed by atoms with Crippen molar-refractivity contribution in [3.63, 3.8) is 0 Å². The van der Waals surface area contributed by atoms with Gasteiger partial charge in [-0.1, -0.05) is 48.5 Å². The maximum atomic E-state index is 13.3. The van der Waals surface area contributed by atoms with E-state index < -0.39 is 0 Å². The van der Waals surface area contributed by atoms with Crippen LogP contribution in [-0.2, 0) is 0 Å². The number of rotatable bonds is 2. The van der Waals surface area contributed by atoms with Gasteiger partial charge in [0.15, 0.2) is 0 Å². The number of para-hydroxylation sites is 1. The Morgan fingerprint density at radius 3 is 2.22 bits per heavy atom. The first-order valence-electron chi connectivity index (χ1n) is 7.41. The molecule has 0 saturated carbocycles. The molecule has 3 heteroatoms. The number of halogens is 1. The van der Waals surface area contributed by atoms with Crippen molar-refractivity contribution in [2.75, 3.05) is 4.31 Å². The Morgan fingerprint density at radius 1 is 0.739 bits per heavy atom. The van der Waals surface area contributed by atoms with Crippen LogP contribution in [0.5, 0.6) is 0 Å². The third kappa shape index (κ3) is 2.76. The number of benzene rings is 3. The molecule has 4 rings (SSSR count). The zero-order chi connectivity index (χ0) is 15.6. The molecule has 3 aromatic carbocycles. The number of nitrogens with zero attached hydrogens (tertiary/aromatic N) is 1. The van der Waals surface area contributed by atoms with Crippen LogP contribution in [-0.4, -0.2) is 0 Å². The zero-order valence-corrected chi connectivity index (χ0v) is 13.1. The SMILES string of the molecule is Fc1ccc(C2=CN(c3ccccc3)Sc3ccccc32)cc1. The first kappa shape index (κ1) is 14.1. The first-order chi connectivity index (χ1) is 11.3. The average Bonchev–Trinajstić information content (AvgIpc) is 2.62. The molecule has 0 fully saturated rings. The second kappa shape index (κ2) is 5.94. The van der Waals surface area contributed by atoms with E-state index in [1.807, 2.05) is 42.5 Å². The van der Waals surface area contributed by atoms with Crippen LogP contribution in [0, 0.1) is 5.82 Å². The lowest BCUT2D eigenvalue weighted by molar-refractivity contribution is 0.627. The van der Waals surface area contributed by atoms with Crippen LogP contribution in [0.1, 0.15) is 11.1 Å². The summed E-state index contributed by atoms with van der Waals surface area (Å²) >= 11 is 1.69. The van der Waals surface area contributed by atoms with Gasteiger partial charge in [-0.2, -0.15) is 0 Å². The summed E-state index contributed by atoms with van der Waals surface area (Å²) in [5.74, 6) is -0.215. The van der Waals surface area contributed by atoms with Gasteiger partial charge in [0.05, 0.1) is 5.69 Å². The largest absolute Gasteiger partial charge is 0.287 e. The standard InChI is InChI=1S/C20H14FNS/c21-16-12-10-15(11-13-16)19-14-22(17-6-2-1-3-7-17)23-20-9-5-4-8-18(19)20/h1-14H. The molecular weight excluding hydrogens is 305 g/mol. The average molecular weight is 319 g/mol. The normalized spacial score (nSPS) is 13.4. The predicted octanol–water partition coefficient (Wildman–Crippen LogP) is 5.74. The molecule has 23 heavy (non-hydrogen) atoms. The van der Waals surface area contributed by atoms with Crippen molar-refractivity contribution in [3.05, 3.63) is 102 Å². The van der Waals surface area contributed by atoms with Crippen molar-refractivity contribution in [3.8, 4) is 0 Å². The van der Waals surface area contributed by atoms with Gasteiger partial charge in [-0.05, 0) is 53.4 Å². The Bertz CT molecular complexity index is 856. The molecule has 1 aliphatic rings. The third-order valence-electron chi connectivity index (χ3n) is 3.79. The minimum absolute atomic E-state index is 0.215. The van der Waals surface area contributed by atoms with E-state index in [4.69, 9.17) is 0 Å². The van der Waals surface area contributed by atoms with Gasteiger partial charge in [0.2, 0.25) is 0 Å². The van der Waals surface area contributed by atoms with Gasteiger partial charge >= 0.3 is 0 Å². The lowest BCUT2D eigenvalue weighted by Gasteiger charge is -2.27. The van der Waals surface area contributed by atoms with E-state index in [0.29, 0.717) is 0 Å². The minimum atomic E-state index is -0.215. The first-order valence-corrected chi connectivity index (χ1v) is 8.18. The summed E-state index contributed by atoms with van der Waals surface area (Å²) in [7, 11) is 0. The second-order valence-electron chi connectivity index (χ2n) is 5.30. The van der Waals surface area contributed by atoms with Gasteiger partial charge in [0, 0.05) is 16.7 Å². The van der Waals surface area contributed by atoms with E-state index in [-0.39, 0.29) is 5.82 Å². The summed E-state index contributed by atoms with van der Waals surface area (Å²) in [4.78, 5) is 1.19. The van der Waals surface area contributed by atoms with Crippen molar-refractivity contribution in [1.29, 1.82) is 0 Å². The van der Waals surface area contributed by atoms with E-state index in [9.17, 15) is 4.39 Å². The van der Waals surface area contributed by atoms with Crippen molar-refractivity contribution >= 4 is 23.2 Å². The molecule has 1 nitrogen and oxygen atoms in total. The molecule has 0 saturated heterocycles. The highest BCUT2D eigenvalue weighted by atomic mass is 32.2. The fraction of sp³-hybridized carbons (Fsp3) is 0. The summed E-state index contributed by atoms with van der Waals surface area (Å²) in [5.41, 5.74) is 4.41. The third-order valence-corrected chi connectivity index (χ3v) is 4.85. The van der Waals surface area contributed by atoms with Gasteiger partial charge in [-0.3, -0.25) is 4.31 Å². The number of hydrogen-bond donors (Lipinski definition) is 0. The fourth-order valence-electron chi connectivity index (χ4n) is 2.65. The Hall–Kier alpha value is -2.52. The molecule has 3 aromatic rings. The van der Waals surface area contributed by atoms with Crippen molar-refractivity contribution < 1.29 is 4.39 Å². The highest BCUT2D eigenvalue weighted by molar-refractivity contribution is 8.01. The summed E-state index contributed by atoms with van der Waals surface area (Å²) in [5, 5.41) is 0. The van der Waals surface area contributed by atoms with Crippen LogP contribution in [0.15, 0.2) is 90.0 Å². The Labute approximate surface area is 139 Å². The van der Waals surface area contributed by atoms with Crippen LogP contribution < -0.4 is 4.31 Å². The second-order valence-corrected chi connectivity index (χ2v) is 6.31. The maximum absolute atomic E-state index is 13.3. The van der Waals surface area contributed by atoms with Crippen LogP contribution >= 0.6 is 11.9 Å². The van der Waals surface area contributed by atoms with Crippen molar-refractivity contribution in [1.82, 2.24) is 0 Å². The molecule has 0 atom stereocenters. The van der Waals surface area contributed by atoms with Gasteiger partial charge in [-0.15, -0.1) is 0 Å². The lowest BCUT2D eigenvalue weighted by atomic mass is 9.98. The van der Waals surface area contributed by atoms with Gasteiger partial charge in [-0.25, -0.2) is 4.39 Å². The smallest absolute Gasteiger partial charge is 0.123 e. The monoisotopic (exact) mass is 319 g/mol. The van der Waals surface area contributed by atoms with Gasteiger partial charge in [0.25, 0.3) is 0 Å². The minimum Gasteiger partial charge on any atom is -0.287 e. The van der Waals surface area contributed by atoms with Crippen LogP contribution in [0.2, 0.25) is 0 Å². The summed E-state index contributed by atoms with van der Waals surface area (Å²) in [6.45, 7) is 0. The highest BCUT2D eigenvalue weighted by Crippen LogP contribution is 2.41. The summed E-state index contributed by atoms with van der Waals surface area (Å²) in [6.07, 6.45) is 2.12. The molecule has 0 spiro atoms. The quantitative estimate of drug-likeness (QED) is 0.554.